The number of nitrogens with zero attached hydrogens (tertiary/aromatic N) is 4. The van der Waals surface area contributed by atoms with Crippen LogP contribution in [-0.2, 0) is 0 Å². The van der Waals surface area contributed by atoms with Crippen molar-refractivity contribution in [2.75, 3.05) is 0 Å². The lowest BCUT2D eigenvalue weighted by molar-refractivity contribution is 0.668. The van der Waals surface area contributed by atoms with E-state index in [0.717, 1.165) is 44.6 Å². The van der Waals surface area contributed by atoms with E-state index in [1.165, 1.54) is 75.2 Å². The maximum atomic E-state index is 5.48. The third-order valence-corrected chi connectivity index (χ3v) is 14.5. The lowest BCUT2D eigenvalue weighted by Crippen LogP contribution is -2.35. The van der Waals surface area contributed by atoms with Gasteiger partial charge in [0, 0.05) is 48.0 Å². The maximum Gasteiger partial charge on any atom is 0.234 e. The summed E-state index contributed by atoms with van der Waals surface area (Å²) >= 11 is 1.85. The number of nitrogens with one attached hydrogen (secondary N) is 1. The summed E-state index contributed by atoms with van der Waals surface area (Å²) in [5, 5.41) is 13.4. The third-order valence-electron chi connectivity index (χ3n) is 13.3. The van der Waals surface area contributed by atoms with Crippen LogP contribution >= 0.6 is 11.8 Å². The summed E-state index contributed by atoms with van der Waals surface area (Å²) in [5.74, 6) is 1.43. The van der Waals surface area contributed by atoms with Crippen LogP contribution in [0, 0.1) is 0 Å². The van der Waals surface area contributed by atoms with Gasteiger partial charge in [-0.05, 0) is 105 Å². The zero-order valence-electron chi connectivity index (χ0n) is 35.0. The standard InChI is InChI=1S/C59H37N5S/c1-3-15-37(16-4-1)57-60-58(41-27-26-36-14-7-8-17-38(36)32-41)62-59(61-57)64-51-31-29-40(39-28-30-50-47(33-39)43-20-9-11-24-49(43)63(50)42-18-5-2-6-19-42)34-48(51)55-46-23-13-22-45-44-21-10-12-25-53(44)65-54(56(45)46)35-52(55)64/h1-35,57H,(H,60,61,62). The van der Waals surface area contributed by atoms with Crippen molar-refractivity contribution in [3.8, 4) is 27.9 Å². The van der Waals surface area contributed by atoms with Crippen molar-refractivity contribution in [1.82, 2.24) is 14.5 Å². The molecule has 1 unspecified atom stereocenters. The monoisotopic (exact) mass is 847 g/mol. The van der Waals surface area contributed by atoms with Crippen molar-refractivity contribution < 1.29 is 0 Å². The van der Waals surface area contributed by atoms with Crippen molar-refractivity contribution in [3.05, 3.63) is 223 Å². The second-order valence-corrected chi connectivity index (χ2v) is 18.1. The first-order valence-electron chi connectivity index (χ1n) is 22.1. The summed E-state index contributed by atoms with van der Waals surface area (Å²) in [6.45, 7) is 0. The van der Waals surface area contributed by atoms with Gasteiger partial charge in [-0.3, -0.25) is 4.57 Å². The van der Waals surface area contributed by atoms with Crippen molar-refractivity contribution in [1.29, 1.82) is 0 Å². The molecule has 2 aliphatic rings. The summed E-state index contributed by atoms with van der Waals surface area (Å²) in [7, 11) is 0. The van der Waals surface area contributed by atoms with Crippen LogP contribution in [-0.4, -0.2) is 20.9 Å². The number of hydrogen-bond donors (Lipinski definition) is 1. The van der Waals surface area contributed by atoms with E-state index in [1.54, 1.807) is 0 Å². The van der Waals surface area contributed by atoms with Gasteiger partial charge in [-0.25, -0.2) is 4.99 Å². The molecule has 0 saturated heterocycles. The first kappa shape index (κ1) is 36.3. The molecule has 1 N–H and O–H groups in total. The molecule has 5 nitrogen and oxygen atoms in total. The number of benzene rings is 10. The Labute approximate surface area is 378 Å². The highest BCUT2D eigenvalue weighted by atomic mass is 32.2. The van der Waals surface area contributed by atoms with E-state index in [-0.39, 0.29) is 6.17 Å². The van der Waals surface area contributed by atoms with Crippen LogP contribution in [0.3, 0.4) is 0 Å². The van der Waals surface area contributed by atoms with Gasteiger partial charge in [-0.1, -0.05) is 163 Å². The molecule has 0 amide bonds. The molecule has 0 fully saturated rings. The fourth-order valence-corrected chi connectivity index (χ4v) is 11.5. The summed E-state index contributed by atoms with van der Waals surface area (Å²) in [4.78, 5) is 13.4. The Balaban J connectivity index is 1.03. The molecule has 0 bridgehead atoms. The normalized spacial score (nSPS) is 14.6. The highest BCUT2D eigenvalue weighted by Gasteiger charge is 2.28. The van der Waals surface area contributed by atoms with E-state index in [1.807, 2.05) is 11.8 Å². The summed E-state index contributed by atoms with van der Waals surface area (Å²) < 4.78 is 4.69. The van der Waals surface area contributed by atoms with E-state index >= 15 is 0 Å². The fourth-order valence-electron chi connectivity index (χ4n) is 10.4. The molecule has 304 valence electrons. The number of aromatic nitrogens is 2. The Hall–Kier alpha value is -8.19. The molecule has 6 heteroatoms. The molecule has 0 radical (unpaired) electrons. The Bertz CT molecular complexity index is 4010. The third kappa shape index (κ3) is 5.60. The first-order chi connectivity index (χ1) is 32.2. The van der Waals surface area contributed by atoms with E-state index in [2.05, 4.69) is 227 Å². The second kappa shape index (κ2) is 14.2. The zero-order chi connectivity index (χ0) is 42.6. The second-order valence-electron chi connectivity index (χ2n) is 17.0. The van der Waals surface area contributed by atoms with Gasteiger partial charge in [0.2, 0.25) is 5.96 Å². The van der Waals surface area contributed by atoms with Gasteiger partial charge in [-0.15, -0.1) is 0 Å². The molecular weight excluding hydrogens is 811 g/mol. The molecule has 0 aliphatic carbocycles. The lowest BCUT2D eigenvalue weighted by Gasteiger charge is -2.25. The van der Waals surface area contributed by atoms with Crippen LogP contribution in [0.2, 0.25) is 0 Å². The smallest absolute Gasteiger partial charge is 0.234 e. The Morgan fingerprint density at radius 3 is 1.94 bits per heavy atom. The molecular formula is C59H37N5S. The van der Waals surface area contributed by atoms with Gasteiger partial charge in [0.05, 0.1) is 22.1 Å². The summed E-state index contributed by atoms with van der Waals surface area (Å²) in [6.07, 6.45) is -0.353. The van der Waals surface area contributed by atoms with Crippen molar-refractivity contribution in [2.24, 2.45) is 9.98 Å². The molecule has 1 atom stereocenters. The molecule has 12 aromatic rings. The topological polar surface area (TPSA) is 46.6 Å². The van der Waals surface area contributed by atoms with Crippen molar-refractivity contribution in [3.63, 3.8) is 0 Å². The number of hydrogen-bond acceptors (Lipinski definition) is 4. The minimum atomic E-state index is -0.353. The molecule has 4 heterocycles. The first-order valence-corrected chi connectivity index (χ1v) is 22.9. The molecule has 0 saturated carbocycles. The fraction of sp³-hybridized carbons (Fsp3) is 0.0169. The van der Waals surface area contributed by atoms with E-state index in [9.17, 15) is 0 Å². The average Bonchev–Trinajstić information content (AvgIpc) is 3.89. The van der Waals surface area contributed by atoms with Crippen LogP contribution in [0.4, 0.5) is 0 Å². The van der Waals surface area contributed by atoms with Crippen LogP contribution in [0.25, 0.3) is 93.1 Å². The summed E-state index contributed by atoms with van der Waals surface area (Å²) in [6, 6.07) is 76.9. The predicted molar refractivity (Wildman–Crippen MR) is 272 cm³/mol. The van der Waals surface area contributed by atoms with Crippen LogP contribution < -0.4 is 5.32 Å². The summed E-state index contributed by atoms with van der Waals surface area (Å²) in [5.41, 5.74) is 12.6. The number of aliphatic imine (C=N–C) groups is 2. The Morgan fingerprint density at radius 1 is 0.415 bits per heavy atom. The molecule has 65 heavy (non-hydrogen) atoms. The number of amidine groups is 1. The number of para-hydroxylation sites is 2. The zero-order valence-corrected chi connectivity index (χ0v) is 35.8. The lowest BCUT2D eigenvalue weighted by atomic mass is 9.94. The SMILES string of the molecule is c1ccc(C2N=C(n3c4ccc(-c5ccc6c(c5)c5ccccc5n6-c5ccccc5)cc4c4c5cccc6c5c(cc43)Sc3ccccc3-6)N=C(c3ccc4ccccc4c3)N2)cc1. The number of rotatable bonds is 4. The van der Waals surface area contributed by atoms with Crippen molar-refractivity contribution in [2.45, 2.75) is 16.0 Å². The molecule has 2 aliphatic heterocycles. The van der Waals surface area contributed by atoms with Gasteiger partial charge in [0.25, 0.3) is 0 Å². The van der Waals surface area contributed by atoms with E-state index in [4.69, 9.17) is 9.98 Å². The van der Waals surface area contributed by atoms with Gasteiger partial charge >= 0.3 is 0 Å². The number of fused-ring (bicyclic) bond motifs is 10. The average molecular weight is 848 g/mol. The quantitative estimate of drug-likeness (QED) is 0.192. The van der Waals surface area contributed by atoms with E-state index < -0.39 is 0 Å². The minimum Gasteiger partial charge on any atom is -0.344 e. The van der Waals surface area contributed by atoms with Gasteiger partial charge < -0.3 is 9.88 Å². The highest BCUT2D eigenvalue weighted by Crippen LogP contribution is 2.51. The predicted octanol–water partition coefficient (Wildman–Crippen LogP) is 14.9. The van der Waals surface area contributed by atoms with Gasteiger partial charge in [0.15, 0.2) is 0 Å². The largest absolute Gasteiger partial charge is 0.344 e. The molecule has 2 aromatic heterocycles. The van der Waals surface area contributed by atoms with E-state index in [0.29, 0.717) is 5.96 Å². The van der Waals surface area contributed by atoms with Gasteiger partial charge in [0.1, 0.15) is 12.0 Å². The van der Waals surface area contributed by atoms with Crippen LogP contribution in [0.15, 0.2) is 232 Å². The minimum absolute atomic E-state index is 0.353. The Morgan fingerprint density at radius 2 is 1.08 bits per heavy atom. The van der Waals surface area contributed by atoms with Crippen molar-refractivity contribution >= 4 is 88.7 Å². The van der Waals surface area contributed by atoms with Crippen LogP contribution in [0.5, 0.6) is 0 Å². The Kier molecular flexibility index (Phi) is 7.91. The highest BCUT2D eigenvalue weighted by molar-refractivity contribution is 7.99. The molecule has 0 spiro atoms. The molecule has 10 aromatic carbocycles. The van der Waals surface area contributed by atoms with Crippen LogP contribution in [0.1, 0.15) is 17.3 Å². The van der Waals surface area contributed by atoms with Gasteiger partial charge in [-0.2, -0.15) is 4.99 Å². The maximum absolute atomic E-state index is 5.48. The molecule has 14 rings (SSSR count).